The summed E-state index contributed by atoms with van der Waals surface area (Å²) in [5.74, 6) is 0.486. The average molecular weight is 539 g/mol. The molecule has 1 saturated heterocycles. The number of nitrogens with one attached hydrogen (secondary N) is 2. The van der Waals surface area contributed by atoms with Crippen molar-refractivity contribution in [1.82, 2.24) is 35.4 Å². The van der Waals surface area contributed by atoms with Crippen LogP contribution in [0, 0.1) is 0 Å². The van der Waals surface area contributed by atoms with Crippen LogP contribution in [0.15, 0.2) is 60.5 Å². The number of halogens is 3. The first kappa shape index (κ1) is 24.2. The second-order valence-corrected chi connectivity index (χ2v) is 9.76. The lowest BCUT2D eigenvalue weighted by Gasteiger charge is -2.33. The number of aromatic nitrogens is 5. The predicted molar refractivity (Wildman–Crippen MR) is 137 cm³/mol. The fourth-order valence-corrected chi connectivity index (χ4v) is 5.12. The van der Waals surface area contributed by atoms with E-state index < -0.39 is 17.8 Å². The molecule has 0 unspecified atom stereocenters. The van der Waals surface area contributed by atoms with Gasteiger partial charge in [-0.3, -0.25) is 4.79 Å². The summed E-state index contributed by atoms with van der Waals surface area (Å²) in [6, 6.07) is 10.2. The number of amides is 1. The molecule has 1 amide bonds. The molecule has 1 fully saturated rings. The largest absolute Gasteiger partial charge is 0.416 e. The van der Waals surface area contributed by atoms with E-state index in [1.54, 1.807) is 23.0 Å². The Labute approximate surface area is 218 Å². The molecule has 1 aliphatic heterocycles. The van der Waals surface area contributed by atoms with Crippen molar-refractivity contribution >= 4 is 44.3 Å². The standard InChI is InChI=1S/C25H21F3N8OS/c26-25(27,28)16-2-4-17(5-3-16)36-11-18-22(34-36)31-13-32-23(18)35-8-7-29-20(12-35)24(37)30-10-15-1-6-21-19(9-15)33-14-38-21/h1-6,9,11,13-14,20,29H,7-8,10,12H2,(H,30,37)/t20-/m0/s1. The van der Waals surface area contributed by atoms with E-state index >= 15 is 0 Å². The molecule has 5 aromatic rings. The third-order valence-electron chi connectivity index (χ3n) is 6.41. The molecule has 0 spiro atoms. The fraction of sp³-hybridized carbons (Fsp3) is 0.240. The van der Waals surface area contributed by atoms with E-state index in [2.05, 4.69) is 30.7 Å². The second kappa shape index (κ2) is 9.65. The number of thiazole rings is 1. The van der Waals surface area contributed by atoms with Crippen molar-refractivity contribution in [2.24, 2.45) is 0 Å². The topological polar surface area (TPSA) is 101 Å². The minimum absolute atomic E-state index is 0.126. The first-order chi connectivity index (χ1) is 18.3. The van der Waals surface area contributed by atoms with Gasteiger partial charge in [-0.1, -0.05) is 6.07 Å². The fourth-order valence-electron chi connectivity index (χ4n) is 4.46. The summed E-state index contributed by atoms with van der Waals surface area (Å²) in [6.07, 6.45) is -1.32. The van der Waals surface area contributed by atoms with Crippen molar-refractivity contribution in [1.29, 1.82) is 0 Å². The van der Waals surface area contributed by atoms with Gasteiger partial charge in [0.1, 0.15) is 18.2 Å². The molecule has 1 atom stereocenters. The van der Waals surface area contributed by atoms with Crippen LogP contribution in [0.5, 0.6) is 0 Å². The van der Waals surface area contributed by atoms with E-state index in [4.69, 9.17) is 0 Å². The second-order valence-electron chi connectivity index (χ2n) is 8.88. The van der Waals surface area contributed by atoms with E-state index in [9.17, 15) is 18.0 Å². The van der Waals surface area contributed by atoms with Crippen molar-refractivity contribution in [2.45, 2.75) is 18.8 Å². The van der Waals surface area contributed by atoms with E-state index in [1.807, 2.05) is 23.1 Å². The van der Waals surface area contributed by atoms with Gasteiger partial charge in [0.05, 0.1) is 32.4 Å². The van der Waals surface area contributed by atoms with Crippen LogP contribution in [0.3, 0.4) is 0 Å². The van der Waals surface area contributed by atoms with E-state index in [-0.39, 0.29) is 5.91 Å². The maximum Gasteiger partial charge on any atom is 0.416 e. The Morgan fingerprint density at radius 3 is 2.79 bits per heavy atom. The molecule has 2 N–H and O–H groups in total. The van der Waals surface area contributed by atoms with Gasteiger partial charge in [-0.15, -0.1) is 16.4 Å². The van der Waals surface area contributed by atoms with E-state index in [0.29, 0.717) is 48.7 Å². The zero-order chi connectivity index (χ0) is 26.3. The van der Waals surface area contributed by atoms with Crippen molar-refractivity contribution in [3.05, 3.63) is 71.6 Å². The molecule has 9 nitrogen and oxygen atoms in total. The van der Waals surface area contributed by atoms with Gasteiger partial charge in [0.15, 0.2) is 5.65 Å². The summed E-state index contributed by atoms with van der Waals surface area (Å²) in [6.45, 7) is 1.96. The molecule has 3 aromatic heterocycles. The Balaban J connectivity index is 1.17. The van der Waals surface area contributed by atoms with Gasteiger partial charge >= 0.3 is 6.18 Å². The summed E-state index contributed by atoms with van der Waals surface area (Å²) < 4.78 is 41.4. The first-order valence-corrected chi connectivity index (χ1v) is 12.7. The number of rotatable bonds is 5. The van der Waals surface area contributed by atoms with Crippen LogP contribution in [0.4, 0.5) is 19.0 Å². The van der Waals surface area contributed by atoms with Crippen LogP contribution < -0.4 is 15.5 Å². The molecule has 1 aliphatic rings. The third kappa shape index (κ3) is 4.77. The summed E-state index contributed by atoms with van der Waals surface area (Å²) in [7, 11) is 0. The Morgan fingerprint density at radius 2 is 1.97 bits per heavy atom. The highest BCUT2D eigenvalue weighted by Gasteiger charge is 2.30. The highest BCUT2D eigenvalue weighted by Crippen LogP contribution is 2.30. The molecule has 194 valence electrons. The number of piperazine rings is 1. The maximum absolute atomic E-state index is 13.0. The van der Waals surface area contributed by atoms with Crippen LogP contribution in [0.25, 0.3) is 26.9 Å². The highest BCUT2D eigenvalue weighted by atomic mass is 32.1. The normalized spacial score (nSPS) is 16.3. The zero-order valence-corrected chi connectivity index (χ0v) is 20.6. The number of carbonyl (C=O) groups excluding carboxylic acids is 1. The SMILES string of the molecule is O=C(NCc1ccc2scnc2c1)[C@@H]1CN(c2ncnc3nn(-c4ccc(C(F)(F)F)cc4)cc23)CCN1. The lowest BCUT2D eigenvalue weighted by Crippen LogP contribution is -2.57. The van der Waals surface area contributed by atoms with E-state index in [1.165, 1.54) is 23.1 Å². The molecular weight excluding hydrogens is 517 g/mol. The predicted octanol–water partition coefficient (Wildman–Crippen LogP) is 3.54. The number of alkyl halides is 3. The number of fused-ring (bicyclic) bond motifs is 2. The van der Waals surface area contributed by atoms with Gasteiger partial charge in [-0.2, -0.15) is 13.2 Å². The molecule has 0 saturated carbocycles. The third-order valence-corrected chi connectivity index (χ3v) is 7.22. The minimum atomic E-state index is -4.41. The highest BCUT2D eigenvalue weighted by molar-refractivity contribution is 7.16. The molecular formula is C25H21F3N8OS. The summed E-state index contributed by atoms with van der Waals surface area (Å²) in [4.78, 5) is 28.0. The van der Waals surface area contributed by atoms with Gasteiger partial charge in [0, 0.05) is 32.4 Å². The number of hydrogen-bond donors (Lipinski definition) is 2. The van der Waals surface area contributed by atoms with Crippen LogP contribution in [-0.4, -0.2) is 56.3 Å². The van der Waals surface area contributed by atoms with Crippen molar-refractivity contribution in [3.8, 4) is 5.69 Å². The van der Waals surface area contributed by atoms with Gasteiger partial charge in [-0.05, 0) is 42.0 Å². The summed E-state index contributed by atoms with van der Waals surface area (Å²) in [5.41, 5.74) is 3.82. The summed E-state index contributed by atoms with van der Waals surface area (Å²) >= 11 is 1.57. The molecule has 38 heavy (non-hydrogen) atoms. The minimum Gasteiger partial charge on any atom is -0.353 e. The number of benzene rings is 2. The number of anilines is 1. The maximum atomic E-state index is 13.0. The van der Waals surface area contributed by atoms with Gasteiger partial charge in [0.2, 0.25) is 5.91 Å². The number of nitrogens with zero attached hydrogens (tertiary/aromatic N) is 6. The van der Waals surface area contributed by atoms with E-state index in [0.717, 1.165) is 27.9 Å². The molecule has 0 bridgehead atoms. The lowest BCUT2D eigenvalue weighted by molar-refractivity contribution is -0.137. The smallest absolute Gasteiger partial charge is 0.353 e. The van der Waals surface area contributed by atoms with Gasteiger partial charge in [-0.25, -0.2) is 19.6 Å². The first-order valence-electron chi connectivity index (χ1n) is 11.8. The van der Waals surface area contributed by atoms with Crippen LogP contribution in [-0.2, 0) is 17.5 Å². The Kier molecular flexibility index (Phi) is 6.16. The van der Waals surface area contributed by atoms with Gasteiger partial charge in [0.25, 0.3) is 0 Å². The molecule has 2 aromatic carbocycles. The van der Waals surface area contributed by atoms with Crippen LogP contribution in [0.1, 0.15) is 11.1 Å². The zero-order valence-electron chi connectivity index (χ0n) is 19.8. The molecule has 13 heteroatoms. The lowest BCUT2D eigenvalue weighted by atomic mass is 10.1. The van der Waals surface area contributed by atoms with Gasteiger partial charge < -0.3 is 15.5 Å². The Hall–Kier alpha value is -4.10. The van der Waals surface area contributed by atoms with Crippen molar-refractivity contribution in [3.63, 3.8) is 0 Å². The number of carbonyl (C=O) groups is 1. The summed E-state index contributed by atoms with van der Waals surface area (Å²) in [5, 5.41) is 11.3. The molecule has 0 aliphatic carbocycles. The Bertz CT molecular complexity index is 1610. The molecule has 6 rings (SSSR count). The molecule has 4 heterocycles. The number of hydrogen-bond acceptors (Lipinski definition) is 8. The van der Waals surface area contributed by atoms with Crippen molar-refractivity contribution in [2.75, 3.05) is 24.5 Å². The van der Waals surface area contributed by atoms with Crippen LogP contribution >= 0.6 is 11.3 Å². The molecule has 0 radical (unpaired) electrons. The Morgan fingerprint density at radius 1 is 1.13 bits per heavy atom. The average Bonchev–Trinajstić information content (AvgIpc) is 3.58. The van der Waals surface area contributed by atoms with Crippen molar-refractivity contribution < 1.29 is 18.0 Å². The quantitative estimate of drug-likeness (QED) is 0.353. The van der Waals surface area contributed by atoms with Crippen LogP contribution in [0.2, 0.25) is 0 Å². The monoisotopic (exact) mass is 538 g/mol.